The molecule has 0 bridgehead atoms. The van der Waals surface area contributed by atoms with Gasteiger partial charge < -0.3 is 18.3 Å². The summed E-state index contributed by atoms with van der Waals surface area (Å²) in [4.78, 5) is 34.8. The summed E-state index contributed by atoms with van der Waals surface area (Å²) in [6, 6.07) is 16.0. The number of ether oxygens (including phenoxy) is 2. The molecule has 0 atom stereocenters. The van der Waals surface area contributed by atoms with E-state index in [2.05, 4.69) is 10.5 Å². The minimum Gasteiger partial charge on any atom is -0.457 e. The fourth-order valence-corrected chi connectivity index (χ4v) is 2.70. The number of hydrogen-bond acceptors (Lipinski definition) is 10. The van der Waals surface area contributed by atoms with Crippen LogP contribution in [0.4, 0.5) is 11.4 Å². The van der Waals surface area contributed by atoms with Crippen LogP contribution in [0.3, 0.4) is 0 Å². The molecule has 2 aromatic heterocycles. The van der Waals surface area contributed by atoms with E-state index in [1.54, 1.807) is 6.07 Å². The van der Waals surface area contributed by atoms with Crippen LogP contribution in [0.5, 0.6) is 11.5 Å². The third kappa shape index (κ3) is 5.34. The second-order valence-electron chi connectivity index (χ2n) is 6.61. The number of nitrogens with zero attached hydrogens (tertiary/aromatic N) is 2. The molecule has 0 fully saturated rings. The fraction of sp³-hybridized carbons (Fsp3) is 0. The van der Waals surface area contributed by atoms with E-state index in [0.717, 1.165) is 0 Å². The highest BCUT2D eigenvalue weighted by Gasteiger charge is 2.17. The Morgan fingerprint density at radius 3 is 2.15 bits per heavy atom. The third-order valence-electron chi connectivity index (χ3n) is 4.32. The SMILES string of the molecule is O=C(Oc1ccc(C=NNc2ccc([N+](=O)[O-])cc2)c(OC(=O)c2ccco2)c1)c1ccco1. The summed E-state index contributed by atoms with van der Waals surface area (Å²) in [5, 5.41) is 14.8. The van der Waals surface area contributed by atoms with Gasteiger partial charge in [0.15, 0.2) is 0 Å². The first kappa shape index (κ1) is 22.0. The molecule has 1 N–H and O–H groups in total. The lowest BCUT2D eigenvalue weighted by atomic mass is 10.2. The predicted octanol–water partition coefficient (Wildman–Crippen LogP) is 4.67. The Labute approximate surface area is 191 Å². The van der Waals surface area contributed by atoms with Gasteiger partial charge in [-0.2, -0.15) is 5.10 Å². The summed E-state index contributed by atoms with van der Waals surface area (Å²) in [5.41, 5.74) is 3.54. The first-order valence-electron chi connectivity index (χ1n) is 9.68. The van der Waals surface area contributed by atoms with Crippen molar-refractivity contribution in [2.24, 2.45) is 5.10 Å². The number of anilines is 1. The van der Waals surface area contributed by atoms with Crippen molar-refractivity contribution in [2.75, 3.05) is 5.43 Å². The summed E-state index contributed by atoms with van der Waals surface area (Å²) in [6.45, 7) is 0. The molecule has 0 aliphatic heterocycles. The molecule has 0 aliphatic carbocycles. The average Bonchev–Trinajstić information content (AvgIpc) is 3.55. The minimum absolute atomic E-state index is 0.00654. The van der Waals surface area contributed by atoms with Crippen molar-refractivity contribution in [3.05, 3.63) is 106 Å². The standard InChI is InChI=1S/C23H15N3O8/c27-22(19-3-1-11-31-19)33-18-10-5-15(21(13-18)34-23(28)20-4-2-12-32-20)14-24-25-16-6-8-17(9-7-16)26(29)30/h1-14,25H. The molecule has 0 unspecified atom stereocenters. The Morgan fingerprint density at radius 1 is 0.912 bits per heavy atom. The molecule has 2 heterocycles. The number of non-ortho nitro benzene ring substituents is 1. The van der Waals surface area contributed by atoms with Crippen LogP contribution in [0.15, 0.2) is 93.2 Å². The molecule has 34 heavy (non-hydrogen) atoms. The van der Waals surface area contributed by atoms with E-state index < -0.39 is 16.9 Å². The van der Waals surface area contributed by atoms with E-state index in [4.69, 9.17) is 18.3 Å². The van der Waals surface area contributed by atoms with Crippen molar-refractivity contribution in [2.45, 2.75) is 0 Å². The highest BCUT2D eigenvalue weighted by molar-refractivity contribution is 5.92. The number of esters is 2. The molecule has 0 saturated carbocycles. The number of carbonyl (C=O) groups excluding carboxylic acids is 2. The molecule has 0 spiro atoms. The number of nitro benzene ring substituents is 1. The fourth-order valence-electron chi connectivity index (χ4n) is 2.70. The second-order valence-corrected chi connectivity index (χ2v) is 6.61. The number of hydrogen-bond donors (Lipinski definition) is 1. The van der Waals surface area contributed by atoms with E-state index in [0.29, 0.717) is 11.3 Å². The van der Waals surface area contributed by atoms with Gasteiger partial charge in [-0.05, 0) is 48.5 Å². The molecule has 11 heteroatoms. The predicted molar refractivity (Wildman–Crippen MR) is 118 cm³/mol. The van der Waals surface area contributed by atoms with Crippen LogP contribution in [0.25, 0.3) is 0 Å². The second kappa shape index (κ2) is 9.96. The smallest absolute Gasteiger partial charge is 0.379 e. The number of nitrogens with one attached hydrogen (secondary N) is 1. The van der Waals surface area contributed by atoms with Crippen LogP contribution in [0, 0.1) is 10.1 Å². The summed E-state index contributed by atoms with van der Waals surface area (Å²) in [7, 11) is 0. The molecule has 0 saturated heterocycles. The molecule has 0 amide bonds. The molecular weight excluding hydrogens is 446 g/mol. The van der Waals surface area contributed by atoms with Crippen molar-refractivity contribution in [1.82, 2.24) is 0 Å². The third-order valence-corrected chi connectivity index (χ3v) is 4.32. The van der Waals surface area contributed by atoms with E-state index in [1.165, 1.54) is 79.4 Å². The lowest BCUT2D eigenvalue weighted by Gasteiger charge is -2.09. The van der Waals surface area contributed by atoms with Crippen LogP contribution in [0.1, 0.15) is 26.7 Å². The zero-order valence-corrected chi connectivity index (χ0v) is 17.2. The maximum Gasteiger partial charge on any atom is 0.379 e. The topological polar surface area (TPSA) is 146 Å². The van der Waals surface area contributed by atoms with Crippen molar-refractivity contribution < 1.29 is 32.8 Å². The molecule has 170 valence electrons. The van der Waals surface area contributed by atoms with Crippen LogP contribution < -0.4 is 14.9 Å². The molecular formula is C23H15N3O8. The van der Waals surface area contributed by atoms with E-state index in [9.17, 15) is 19.7 Å². The Balaban J connectivity index is 1.54. The van der Waals surface area contributed by atoms with E-state index in [1.807, 2.05) is 0 Å². The molecule has 0 radical (unpaired) electrons. The van der Waals surface area contributed by atoms with E-state index >= 15 is 0 Å². The van der Waals surface area contributed by atoms with Gasteiger partial charge in [0.1, 0.15) is 11.5 Å². The zero-order valence-electron chi connectivity index (χ0n) is 17.2. The van der Waals surface area contributed by atoms with Gasteiger partial charge in [-0.3, -0.25) is 15.5 Å². The van der Waals surface area contributed by atoms with Crippen LogP contribution in [-0.2, 0) is 0 Å². The molecule has 0 aliphatic rings. The molecule has 2 aromatic carbocycles. The van der Waals surface area contributed by atoms with Gasteiger partial charge in [-0.15, -0.1) is 0 Å². The van der Waals surface area contributed by atoms with Crippen LogP contribution in [-0.4, -0.2) is 23.1 Å². The quantitative estimate of drug-likeness (QED) is 0.130. The summed E-state index contributed by atoms with van der Waals surface area (Å²) in [5.74, 6) is -1.37. The van der Waals surface area contributed by atoms with Crippen molar-refractivity contribution in [3.8, 4) is 11.5 Å². The summed E-state index contributed by atoms with van der Waals surface area (Å²) >= 11 is 0. The van der Waals surface area contributed by atoms with Crippen molar-refractivity contribution in [3.63, 3.8) is 0 Å². The maximum absolute atomic E-state index is 12.4. The van der Waals surface area contributed by atoms with Gasteiger partial charge in [0, 0.05) is 23.8 Å². The summed E-state index contributed by atoms with van der Waals surface area (Å²) in [6.07, 6.45) is 4.03. The normalized spacial score (nSPS) is 10.7. The van der Waals surface area contributed by atoms with Gasteiger partial charge in [0.25, 0.3) is 5.69 Å². The number of carbonyl (C=O) groups is 2. The number of benzene rings is 2. The Kier molecular flexibility index (Phi) is 6.45. The monoisotopic (exact) mass is 461 g/mol. The zero-order chi connectivity index (χ0) is 23.9. The van der Waals surface area contributed by atoms with Gasteiger partial charge in [0.05, 0.1) is 29.4 Å². The first-order chi connectivity index (χ1) is 16.5. The largest absolute Gasteiger partial charge is 0.457 e. The number of nitro groups is 1. The molecule has 11 nitrogen and oxygen atoms in total. The van der Waals surface area contributed by atoms with Crippen molar-refractivity contribution in [1.29, 1.82) is 0 Å². The molecule has 4 rings (SSSR count). The summed E-state index contributed by atoms with van der Waals surface area (Å²) < 4.78 is 20.7. The minimum atomic E-state index is -0.766. The Bertz CT molecular complexity index is 1330. The Hall–Kier alpha value is -5.19. The maximum atomic E-state index is 12.4. The van der Waals surface area contributed by atoms with Gasteiger partial charge in [-0.1, -0.05) is 0 Å². The highest BCUT2D eigenvalue weighted by atomic mass is 16.6. The number of hydrazone groups is 1. The van der Waals surface area contributed by atoms with Gasteiger partial charge >= 0.3 is 11.9 Å². The van der Waals surface area contributed by atoms with Gasteiger partial charge in [0.2, 0.25) is 11.5 Å². The van der Waals surface area contributed by atoms with E-state index in [-0.39, 0.29) is 28.7 Å². The van der Waals surface area contributed by atoms with Crippen LogP contribution in [0.2, 0.25) is 0 Å². The van der Waals surface area contributed by atoms with Crippen molar-refractivity contribution >= 4 is 29.5 Å². The first-order valence-corrected chi connectivity index (χ1v) is 9.68. The number of furan rings is 2. The number of rotatable bonds is 8. The highest BCUT2D eigenvalue weighted by Crippen LogP contribution is 2.26. The van der Waals surface area contributed by atoms with Crippen LogP contribution >= 0.6 is 0 Å². The molecule has 4 aromatic rings. The lowest BCUT2D eigenvalue weighted by Crippen LogP contribution is -2.10. The average molecular weight is 461 g/mol. The lowest BCUT2D eigenvalue weighted by molar-refractivity contribution is -0.384. The Morgan fingerprint density at radius 2 is 1.56 bits per heavy atom. The van der Waals surface area contributed by atoms with Gasteiger partial charge in [-0.25, -0.2) is 9.59 Å².